The van der Waals surface area contributed by atoms with Gasteiger partial charge in [0.2, 0.25) is 5.91 Å². The fourth-order valence-corrected chi connectivity index (χ4v) is 1.72. The Labute approximate surface area is 122 Å². The van der Waals surface area contributed by atoms with Crippen LogP contribution in [0.3, 0.4) is 0 Å². The number of nitrogens with two attached hydrogens (primary N) is 1. The summed E-state index contributed by atoms with van der Waals surface area (Å²) in [5.74, 6) is -0.137. The van der Waals surface area contributed by atoms with Crippen molar-refractivity contribution in [2.75, 3.05) is 7.05 Å². The largest absolute Gasteiger partial charge is 0.350 e. The molecule has 0 saturated carbocycles. The number of carbonyl (C=O) groups is 1. The molecule has 0 saturated heterocycles. The predicted octanol–water partition coefficient (Wildman–Crippen LogP) is 1.88. The van der Waals surface area contributed by atoms with E-state index in [2.05, 4.69) is 43.2 Å². The van der Waals surface area contributed by atoms with Gasteiger partial charge in [-0.15, -0.1) is 0 Å². The number of rotatable bonds is 6. The van der Waals surface area contributed by atoms with Gasteiger partial charge in [0.1, 0.15) is 0 Å². The number of nitrogens with one attached hydrogen (secondary N) is 1. The molecule has 0 atom stereocenters. The molecule has 0 fully saturated rings. The Bertz CT molecular complexity index is 449. The smallest absolute Gasteiger partial charge is 0.239 e. The molecule has 4 nitrogen and oxygen atoms in total. The minimum Gasteiger partial charge on any atom is -0.350 e. The van der Waals surface area contributed by atoms with Crippen LogP contribution in [0.15, 0.2) is 24.3 Å². The molecular formula is C16H27N3O. The lowest BCUT2D eigenvalue weighted by Crippen LogP contribution is -2.48. The van der Waals surface area contributed by atoms with Gasteiger partial charge in [-0.2, -0.15) is 0 Å². The van der Waals surface area contributed by atoms with Crippen molar-refractivity contribution >= 4 is 5.91 Å². The van der Waals surface area contributed by atoms with Gasteiger partial charge in [-0.05, 0) is 45.9 Å². The molecule has 0 aliphatic rings. The Morgan fingerprint density at radius 1 is 1.35 bits per heavy atom. The van der Waals surface area contributed by atoms with E-state index in [1.54, 1.807) is 13.8 Å². The first-order valence-electron chi connectivity index (χ1n) is 7.05. The van der Waals surface area contributed by atoms with Crippen LogP contribution in [0.4, 0.5) is 0 Å². The normalized spacial score (nSPS) is 12.0. The molecule has 20 heavy (non-hydrogen) atoms. The van der Waals surface area contributed by atoms with Crippen LogP contribution < -0.4 is 11.1 Å². The zero-order chi connectivity index (χ0) is 15.3. The summed E-state index contributed by atoms with van der Waals surface area (Å²) in [4.78, 5) is 14.0. The maximum atomic E-state index is 11.7. The van der Waals surface area contributed by atoms with Gasteiger partial charge in [0.15, 0.2) is 0 Å². The fraction of sp³-hybridized carbons (Fsp3) is 0.562. The van der Waals surface area contributed by atoms with Crippen LogP contribution in [-0.4, -0.2) is 29.4 Å². The number of hydrogen-bond donors (Lipinski definition) is 2. The third-order valence-corrected chi connectivity index (χ3v) is 3.34. The second-order valence-electron chi connectivity index (χ2n) is 6.23. The Morgan fingerprint density at radius 3 is 2.50 bits per heavy atom. The van der Waals surface area contributed by atoms with Crippen LogP contribution in [0.1, 0.15) is 38.8 Å². The average molecular weight is 277 g/mol. The van der Waals surface area contributed by atoms with E-state index in [1.807, 2.05) is 12.1 Å². The Morgan fingerprint density at radius 2 is 1.95 bits per heavy atom. The molecule has 1 amide bonds. The number of hydrogen-bond acceptors (Lipinski definition) is 3. The topological polar surface area (TPSA) is 58.4 Å². The molecular weight excluding hydrogens is 250 g/mol. The summed E-state index contributed by atoms with van der Waals surface area (Å²) in [6.07, 6.45) is 0. The van der Waals surface area contributed by atoms with E-state index in [0.717, 1.165) is 12.1 Å². The fourth-order valence-electron chi connectivity index (χ4n) is 1.72. The summed E-state index contributed by atoms with van der Waals surface area (Å²) in [6, 6.07) is 8.79. The lowest BCUT2D eigenvalue weighted by Gasteiger charge is -2.21. The molecule has 0 aromatic heterocycles. The van der Waals surface area contributed by atoms with E-state index >= 15 is 0 Å². The molecule has 0 aliphatic heterocycles. The first kappa shape index (κ1) is 16.7. The van der Waals surface area contributed by atoms with Gasteiger partial charge >= 0.3 is 0 Å². The van der Waals surface area contributed by atoms with Crippen molar-refractivity contribution in [2.24, 2.45) is 5.73 Å². The monoisotopic (exact) mass is 277 g/mol. The summed E-state index contributed by atoms with van der Waals surface area (Å²) in [5, 5.41) is 2.86. The van der Waals surface area contributed by atoms with E-state index in [-0.39, 0.29) is 5.91 Å². The van der Waals surface area contributed by atoms with Gasteiger partial charge < -0.3 is 11.1 Å². The highest BCUT2D eigenvalue weighted by molar-refractivity contribution is 5.84. The molecule has 4 heteroatoms. The minimum absolute atomic E-state index is 0.137. The van der Waals surface area contributed by atoms with Crippen molar-refractivity contribution in [3.05, 3.63) is 35.4 Å². The molecule has 0 heterocycles. The van der Waals surface area contributed by atoms with Gasteiger partial charge in [0, 0.05) is 19.1 Å². The average Bonchev–Trinajstić information content (AvgIpc) is 2.35. The first-order valence-corrected chi connectivity index (χ1v) is 7.05. The zero-order valence-electron chi connectivity index (χ0n) is 13.2. The molecule has 1 aromatic carbocycles. The molecule has 0 aliphatic carbocycles. The third-order valence-electron chi connectivity index (χ3n) is 3.34. The summed E-state index contributed by atoms with van der Waals surface area (Å²) in [5.41, 5.74) is 7.26. The molecule has 0 unspecified atom stereocenters. The highest BCUT2D eigenvalue weighted by atomic mass is 16.2. The second kappa shape index (κ2) is 6.86. The SMILES string of the molecule is CC(C)N(C)Cc1cccc(CNC(=O)C(C)(C)N)c1. The van der Waals surface area contributed by atoms with Crippen molar-refractivity contribution in [3.63, 3.8) is 0 Å². The van der Waals surface area contributed by atoms with Crippen LogP contribution in [0, 0.1) is 0 Å². The number of amides is 1. The maximum Gasteiger partial charge on any atom is 0.239 e. The van der Waals surface area contributed by atoms with Crippen molar-refractivity contribution in [3.8, 4) is 0 Å². The van der Waals surface area contributed by atoms with Gasteiger partial charge in [-0.1, -0.05) is 24.3 Å². The lowest BCUT2D eigenvalue weighted by atomic mass is 10.1. The van der Waals surface area contributed by atoms with Crippen LogP contribution in [0.2, 0.25) is 0 Å². The van der Waals surface area contributed by atoms with Gasteiger partial charge in [0.05, 0.1) is 5.54 Å². The highest BCUT2D eigenvalue weighted by Crippen LogP contribution is 2.09. The van der Waals surface area contributed by atoms with Gasteiger partial charge in [0.25, 0.3) is 0 Å². The van der Waals surface area contributed by atoms with Crippen LogP contribution in [0.25, 0.3) is 0 Å². The number of benzene rings is 1. The molecule has 1 rings (SSSR count). The van der Waals surface area contributed by atoms with Crippen molar-refractivity contribution < 1.29 is 4.79 Å². The lowest BCUT2D eigenvalue weighted by molar-refractivity contribution is -0.125. The standard InChI is InChI=1S/C16H27N3O/c1-12(2)19(5)11-14-8-6-7-13(9-14)10-18-15(20)16(3,4)17/h6-9,12H,10-11,17H2,1-5H3,(H,18,20). The summed E-state index contributed by atoms with van der Waals surface area (Å²) in [7, 11) is 2.11. The summed E-state index contributed by atoms with van der Waals surface area (Å²) < 4.78 is 0. The Balaban J connectivity index is 2.62. The zero-order valence-corrected chi connectivity index (χ0v) is 13.2. The summed E-state index contributed by atoms with van der Waals surface area (Å²) in [6.45, 7) is 9.17. The molecule has 3 N–H and O–H groups in total. The Kier molecular flexibility index (Phi) is 5.72. The van der Waals surface area contributed by atoms with E-state index < -0.39 is 5.54 Å². The second-order valence-corrected chi connectivity index (χ2v) is 6.23. The summed E-state index contributed by atoms with van der Waals surface area (Å²) >= 11 is 0. The van der Waals surface area contributed by atoms with Crippen LogP contribution in [0.5, 0.6) is 0 Å². The quantitative estimate of drug-likeness (QED) is 0.834. The molecule has 0 bridgehead atoms. The number of nitrogens with zero attached hydrogens (tertiary/aromatic N) is 1. The van der Waals surface area contributed by atoms with E-state index in [0.29, 0.717) is 12.6 Å². The molecule has 0 radical (unpaired) electrons. The van der Waals surface area contributed by atoms with Crippen molar-refractivity contribution in [1.82, 2.24) is 10.2 Å². The van der Waals surface area contributed by atoms with Crippen LogP contribution in [-0.2, 0) is 17.9 Å². The first-order chi connectivity index (χ1) is 9.20. The van der Waals surface area contributed by atoms with Crippen LogP contribution >= 0.6 is 0 Å². The van der Waals surface area contributed by atoms with Gasteiger partial charge in [-0.25, -0.2) is 0 Å². The molecule has 1 aromatic rings. The third kappa shape index (κ3) is 5.31. The highest BCUT2D eigenvalue weighted by Gasteiger charge is 2.21. The predicted molar refractivity (Wildman–Crippen MR) is 83.2 cm³/mol. The Hall–Kier alpha value is -1.39. The molecule has 0 spiro atoms. The maximum absolute atomic E-state index is 11.7. The van der Waals surface area contributed by atoms with Crippen molar-refractivity contribution in [2.45, 2.75) is 52.4 Å². The minimum atomic E-state index is -0.838. The van der Waals surface area contributed by atoms with Crippen molar-refractivity contribution in [1.29, 1.82) is 0 Å². The molecule has 112 valence electrons. The van der Waals surface area contributed by atoms with E-state index in [4.69, 9.17) is 5.73 Å². The van der Waals surface area contributed by atoms with E-state index in [1.165, 1.54) is 5.56 Å². The van der Waals surface area contributed by atoms with E-state index in [9.17, 15) is 4.79 Å². The number of carbonyl (C=O) groups excluding carboxylic acids is 1. The van der Waals surface area contributed by atoms with Gasteiger partial charge in [-0.3, -0.25) is 9.69 Å².